The molecule has 0 radical (unpaired) electrons. The number of hydrogen-bond acceptors (Lipinski definition) is 6. The van der Waals surface area contributed by atoms with Crippen LogP contribution in [-0.2, 0) is 4.79 Å². The predicted octanol–water partition coefficient (Wildman–Crippen LogP) is 1.14. The average molecular weight is 307 g/mol. The molecular formula is C15H25N5O2. The van der Waals surface area contributed by atoms with Crippen molar-refractivity contribution in [1.29, 1.82) is 0 Å². The summed E-state index contributed by atoms with van der Waals surface area (Å²) < 4.78 is 0. The Morgan fingerprint density at radius 1 is 1.41 bits per heavy atom. The number of aromatic nitrogens is 2. The largest absolute Gasteiger partial charge is 0.481 e. The van der Waals surface area contributed by atoms with Gasteiger partial charge in [0, 0.05) is 25.7 Å². The van der Waals surface area contributed by atoms with Gasteiger partial charge >= 0.3 is 5.97 Å². The number of nitrogens with one attached hydrogen (secondary N) is 1. The van der Waals surface area contributed by atoms with E-state index in [4.69, 9.17) is 5.11 Å². The molecule has 0 aromatic carbocycles. The minimum absolute atomic E-state index is 0.221. The van der Waals surface area contributed by atoms with E-state index in [1.165, 1.54) is 0 Å². The minimum Gasteiger partial charge on any atom is -0.481 e. The molecule has 0 spiro atoms. The van der Waals surface area contributed by atoms with Crippen LogP contribution in [0.25, 0.3) is 0 Å². The molecule has 0 atom stereocenters. The maximum absolute atomic E-state index is 11.0. The number of carbonyl (C=O) groups is 1. The molecular weight excluding hydrogens is 282 g/mol. The van der Waals surface area contributed by atoms with Crippen LogP contribution in [0.1, 0.15) is 19.3 Å². The van der Waals surface area contributed by atoms with Crippen molar-refractivity contribution in [2.24, 2.45) is 5.92 Å². The third kappa shape index (κ3) is 4.84. The van der Waals surface area contributed by atoms with E-state index in [0.717, 1.165) is 44.2 Å². The number of nitrogens with zero attached hydrogens (tertiary/aromatic N) is 4. The highest BCUT2D eigenvalue weighted by atomic mass is 16.4. The quantitative estimate of drug-likeness (QED) is 0.731. The van der Waals surface area contributed by atoms with Gasteiger partial charge in [0.15, 0.2) is 0 Å². The summed E-state index contributed by atoms with van der Waals surface area (Å²) in [4.78, 5) is 23.8. The van der Waals surface area contributed by atoms with Gasteiger partial charge in [-0.3, -0.25) is 4.79 Å². The first-order valence-corrected chi connectivity index (χ1v) is 7.74. The smallest absolute Gasteiger partial charge is 0.306 e. The molecule has 0 amide bonds. The first-order valence-electron chi connectivity index (χ1n) is 7.74. The van der Waals surface area contributed by atoms with Gasteiger partial charge in [0.25, 0.3) is 0 Å². The second-order valence-corrected chi connectivity index (χ2v) is 5.94. The van der Waals surface area contributed by atoms with Crippen LogP contribution >= 0.6 is 0 Å². The van der Waals surface area contributed by atoms with Crippen molar-refractivity contribution in [3.8, 4) is 0 Å². The van der Waals surface area contributed by atoms with Gasteiger partial charge in [0.05, 0.1) is 5.92 Å². The molecule has 1 saturated heterocycles. The second-order valence-electron chi connectivity index (χ2n) is 5.94. The lowest BCUT2D eigenvalue weighted by Crippen LogP contribution is -2.36. The molecule has 1 fully saturated rings. The third-order valence-electron chi connectivity index (χ3n) is 3.91. The van der Waals surface area contributed by atoms with Gasteiger partial charge in [-0.05, 0) is 39.9 Å². The lowest BCUT2D eigenvalue weighted by molar-refractivity contribution is -0.142. The molecule has 0 aliphatic carbocycles. The van der Waals surface area contributed by atoms with Gasteiger partial charge in [-0.15, -0.1) is 0 Å². The van der Waals surface area contributed by atoms with Crippen LogP contribution in [0.4, 0.5) is 11.6 Å². The van der Waals surface area contributed by atoms with E-state index in [1.54, 1.807) is 6.33 Å². The van der Waals surface area contributed by atoms with Gasteiger partial charge in [-0.1, -0.05) is 0 Å². The maximum atomic E-state index is 11.0. The van der Waals surface area contributed by atoms with E-state index in [1.807, 2.05) is 6.07 Å². The molecule has 2 N–H and O–H groups in total. The second kappa shape index (κ2) is 7.93. The van der Waals surface area contributed by atoms with Crippen molar-refractivity contribution >= 4 is 17.6 Å². The van der Waals surface area contributed by atoms with Crippen LogP contribution in [0.2, 0.25) is 0 Å². The molecule has 7 nitrogen and oxygen atoms in total. The van der Waals surface area contributed by atoms with E-state index in [0.29, 0.717) is 12.8 Å². The molecule has 1 aliphatic heterocycles. The fourth-order valence-corrected chi connectivity index (χ4v) is 2.58. The first kappa shape index (κ1) is 16.5. The number of anilines is 2. The Balaban J connectivity index is 1.85. The van der Waals surface area contributed by atoms with Gasteiger partial charge in [-0.25, -0.2) is 9.97 Å². The number of carboxylic acid groups (broad SMARTS) is 1. The van der Waals surface area contributed by atoms with Gasteiger partial charge < -0.3 is 20.2 Å². The van der Waals surface area contributed by atoms with Crippen LogP contribution in [0.3, 0.4) is 0 Å². The van der Waals surface area contributed by atoms with Crippen LogP contribution in [0.5, 0.6) is 0 Å². The van der Waals surface area contributed by atoms with E-state index in [2.05, 4.69) is 39.2 Å². The number of hydrogen-bond donors (Lipinski definition) is 2. The Hall–Kier alpha value is -1.89. The molecule has 7 heteroatoms. The van der Waals surface area contributed by atoms with Gasteiger partial charge in [-0.2, -0.15) is 0 Å². The Morgan fingerprint density at radius 2 is 2.14 bits per heavy atom. The van der Waals surface area contributed by atoms with E-state index < -0.39 is 5.97 Å². The van der Waals surface area contributed by atoms with Crippen LogP contribution in [0.15, 0.2) is 12.4 Å². The Labute approximate surface area is 131 Å². The molecule has 1 aromatic rings. The van der Waals surface area contributed by atoms with E-state index in [-0.39, 0.29) is 5.92 Å². The van der Waals surface area contributed by atoms with Crippen molar-refractivity contribution < 1.29 is 9.90 Å². The van der Waals surface area contributed by atoms with Crippen molar-refractivity contribution in [2.75, 3.05) is 50.5 Å². The lowest BCUT2D eigenvalue weighted by Gasteiger charge is -2.31. The van der Waals surface area contributed by atoms with Crippen LogP contribution < -0.4 is 10.2 Å². The zero-order valence-electron chi connectivity index (χ0n) is 13.3. The summed E-state index contributed by atoms with van der Waals surface area (Å²) in [7, 11) is 4.12. The molecule has 22 heavy (non-hydrogen) atoms. The summed E-state index contributed by atoms with van der Waals surface area (Å²) in [6, 6.07) is 1.94. The number of rotatable bonds is 7. The summed E-state index contributed by atoms with van der Waals surface area (Å²) in [6.07, 6.45) is 3.96. The fraction of sp³-hybridized carbons (Fsp3) is 0.667. The fourth-order valence-electron chi connectivity index (χ4n) is 2.58. The maximum Gasteiger partial charge on any atom is 0.306 e. The van der Waals surface area contributed by atoms with Gasteiger partial charge in [0.1, 0.15) is 18.0 Å². The van der Waals surface area contributed by atoms with Crippen LogP contribution in [-0.4, -0.2) is 66.2 Å². The average Bonchev–Trinajstić information content (AvgIpc) is 2.52. The summed E-state index contributed by atoms with van der Waals surface area (Å²) >= 11 is 0. The monoisotopic (exact) mass is 307 g/mol. The third-order valence-corrected chi connectivity index (χ3v) is 3.91. The van der Waals surface area contributed by atoms with Crippen LogP contribution in [0, 0.1) is 5.92 Å². The standard InChI is InChI=1S/C15H25N5O2/c1-19(2)7-3-6-16-13-10-14(18-11-17-13)20-8-4-12(5-9-20)15(21)22/h10-12H,3-9H2,1-2H3,(H,21,22)(H,16,17,18). The number of aliphatic carboxylic acids is 1. The van der Waals surface area contributed by atoms with E-state index in [9.17, 15) is 4.79 Å². The number of piperidine rings is 1. The molecule has 0 saturated carbocycles. The van der Waals surface area contributed by atoms with E-state index >= 15 is 0 Å². The Bertz CT molecular complexity index is 487. The molecule has 0 bridgehead atoms. The van der Waals surface area contributed by atoms with Gasteiger partial charge in [0.2, 0.25) is 0 Å². The molecule has 2 rings (SSSR count). The lowest BCUT2D eigenvalue weighted by atomic mass is 9.97. The van der Waals surface area contributed by atoms with Crippen molar-refractivity contribution in [3.63, 3.8) is 0 Å². The zero-order valence-corrected chi connectivity index (χ0v) is 13.3. The number of carboxylic acids is 1. The summed E-state index contributed by atoms with van der Waals surface area (Å²) in [5.74, 6) is 0.783. The molecule has 2 heterocycles. The SMILES string of the molecule is CN(C)CCCNc1cc(N2CCC(C(=O)O)CC2)ncn1. The molecule has 1 aromatic heterocycles. The van der Waals surface area contributed by atoms with Crippen molar-refractivity contribution in [1.82, 2.24) is 14.9 Å². The predicted molar refractivity (Wildman–Crippen MR) is 86.3 cm³/mol. The highest BCUT2D eigenvalue weighted by Gasteiger charge is 2.25. The first-order chi connectivity index (χ1) is 10.6. The summed E-state index contributed by atoms with van der Waals surface area (Å²) in [5.41, 5.74) is 0. The molecule has 0 unspecified atom stereocenters. The highest BCUT2D eigenvalue weighted by molar-refractivity contribution is 5.70. The minimum atomic E-state index is -0.689. The molecule has 1 aliphatic rings. The van der Waals surface area contributed by atoms with Crippen molar-refractivity contribution in [3.05, 3.63) is 12.4 Å². The zero-order chi connectivity index (χ0) is 15.9. The Kier molecular flexibility index (Phi) is 5.94. The normalized spacial score (nSPS) is 16.0. The Morgan fingerprint density at radius 3 is 2.77 bits per heavy atom. The molecule has 122 valence electrons. The summed E-state index contributed by atoms with van der Waals surface area (Å²) in [5, 5.41) is 12.3. The highest BCUT2D eigenvalue weighted by Crippen LogP contribution is 2.22. The summed E-state index contributed by atoms with van der Waals surface area (Å²) in [6.45, 7) is 3.37. The topological polar surface area (TPSA) is 81.6 Å². The van der Waals surface area contributed by atoms with Crippen molar-refractivity contribution in [2.45, 2.75) is 19.3 Å².